The van der Waals surface area contributed by atoms with Crippen molar-refractivity contribution in [2.75, 3.05) is 11.4 Å². The van der Waals surface area contributed by atoms with Crippen molar-refractivity contribution in [3.05, 3.63) is 21.1 Å². The van der Waals surface area contributed by atoms with Crippen molar-refractivity contribution in [2.24, 2.45) is 5.92 Å². The maximum atomic E-state index is 12.4. The lowest BCUT2D eigenvalue weighted by Crippen LogP contribution is -2.32. The molecule has 3 heterocycles. The molecule has 7 nitrogen and oxygen atoms in total. The van der Waals surface area contributed by atoms with E-state index in [0.717, 1.165) is 35.0 Å². The minimum Gasteiger partial charge on any atom is -0.349 e. The number of carbonyl (C=O) groups excluding carboxylic acids is 2. The molecule has 2 amide bonds. The van der Waals surface area contributed by atoms with E-state index in [4.69, 9.17) is 0 Å². The lowest BCUT2D eigenvalue weighted by atomic mass is 10.1. The molecule has 3 rings (SSSR count). The molecular formula is C16H21N5O2S2. The summed E-state index contributed by atoms with van der Waals surface area (Å²) >= 11 is 2.97. The third-order valence-electron chi connectivity index (χ3n) is 4.02. The van der Waals surface area contributed by atoms with Crippen LogP contribution in [0.5, 0.6) is 0 Å². The van der Waals surface area contributed by atoms with Crippen molar-refractivity contribution in [1.29, 1.82) is 0 Å². The first kappa shape index (κ1) is 17.9. The molecule has 0 radical (unpaired) electrons. The largest absolute Gasteiger partial charge is 0.349 e. The number of anilines is 1. The number of nitrogens with zero attached hydrogens (tertiary/aromatic N) is 4. The Kier molecular flexibility index (Phi) is 5.74. The maximum absolute atomic E-state index is 12.4. The summed E-state index contributed by atoms with van der Waals surface area (Å²) in [5, 5.41) is 15.5. The van der Waals surface area contributed by atoms with Gasteiger partial charge in [0, 0.05) is 24.8 Å². The first-order chi connectivity index (χ1) is 12.1. The van der Waals surface area contributed by atoms with E-state index in [0.29, 0.717) is 18.2 Å². The number of thiazole rings is 1. The predicted octanol–water partition coefficient (Wildman–Crippen LogP) is 2.18. The van der Waals surface area contributed by atoms with Gasteiger partial charge in [-0.2, -0.15) is 0 Å². The summed E-state index contributed by atoms with van der Waals surface area (Å²) in [6.07, 6.45) is 2.95. The molecule has 0 aliphatic carbocycles. The van der Waals surface area contributed by atoms with Gasteiger partial charge in [-0.05, 0) is 12.8 Å². The SMILES string of the molecule is CCCc1nnc(N2CC(C(=O)NCc3nc(CC)cs3)CC2=O)s1. The molecular weight excluding hydrogens is 358 g/mol. The van der Waals surface area contributed by atoms with Crippen LogP contribution < -0.4 is 10.2 Å². The Bertz CT molecular complexity index is 757. The van der Waals surface area contributed by atoms with E-state index in [2.05, 4.69) is 34.3 Å². The molecule has 0 bridgehead atoms. The predicted molar refractivity (Wildman–Crippen MR) is 97.7 cm³/mol. The van der Waals surface area contributed by atoms with Gasteiger partial charge in [-0.25, -0.2) is 4.98 Å². The molecule has 1 aliphatic rings. The Morgan fingerprint density at radius 1 is 1.36 bits per heavy atom. The van der Waals surface area contributed by atoms with Crippen LogP contribution in [0, 0.1) is 5.92 Å². The smallest absolute Gasteiger partial charge is 0.229 e. The van der Waals surface area contributed by atoms with E-state index >= 15 is 0 Å². The molecule has 134 valence electrons. The van der Waals surface area contributed by atoms with Gasteiger partial charge in [-0.3, -0.25) is 14.5 Å². The van der Waals surface area contributed by atoms with Gasteiger partial charge < -0.3 is 5.32 Å². The Morgan fingerprint density at radius 3 is 2.92 bits per heavy atom. The highest BCUT2D eigenvalue weighted by Crippen LogP contribution is 2.28. The minimum absolute atomic E-state index is 0.0677. The van der Waals surface area contributed by atoms with Crippen LogP contribution in [0.1, 0.15) is 42.4 Å². The normalized spacial score (nSPS) is 17.3. The summed E-state index contributed by atoms with van der Waals surface area (Å²) in [6, 6.07) is 0. The van der Waals surface area contributed by atoms with E-state index in [9.17, 15) is 9.59 Å². The summed E-state index contributed by atoms with van der Waals surface area (Å²) < 4.78 is 0. The lowest BCUT2D eigenvalue weighted by Gasteiger charge is -2.12. The summed E-state index contributed by atoms with van der Waals surface area (Å²) in [4.78, 5) is 30.6. The van der Waals surface area contributed by atoms with Crippen LogP contribution in [0.4, 0.5) is 5.13 Å². The number of carbonyl (C=O) groups is 2. The summed E-state index contributed by atoms with van der Waals surface area (Å²) in [5.41, 5.74) is 1.04. The molecule has 9 heteroatoms. The van der Waals surface area contributed by atoms with Crippen molar-refractivity contribution in [1.82, 2.24) is 20.5 Å². The van der Waals surface area contributed by atoms with Gasteiger partial charge >= 0.3 is 0 Å². The van der Waals surface area contributed by atoms with Crippen molar-refractivity contribution >= 4 is 39.6 Å². The van der Waals surface area contributed by atoms with Crippen molar-refractivity contribution in [2.45, 2.75) is 46.1 Å². The van der Waals surface area contributed by atoms with Crippen molar-refractivity contribution < 1.29 is 9.59 Å². The zero-order chi connectivity index (χ0) is 17.8. The summed E-state index contributed by atoms with van der Waals surface area (Å²) in [5.74, 6) is -0.527. The fourth-order valence-electron chi connectivity index (χ4n) is 2.64. The maximum Gasteiger partial charge on any atom is 0.229 e. The second kappa shape index (κ2) is 8.01. The van der Waals surface area contributed by atoms with Gasteiger partial charge in [0.2, 0.25) is 16.9 Å². The highest BCUT2D eigenvalue weighted by Gasteiger charge is 2.36. The summed E-state index contributed by atoms with van der Waals surface area (Å²) in [6.45, 7) is 4.90. The third kappa shape index (κ3) is 4.21. The van der Waals surface area contributed by atoms with Crippen LogP contribution in [0.3, 0.4) is 0 Å². The highest BCUT2D eigenvalue weighted by molar-refractivity contribution is 7.15. The van der Waals surface area contributed by atoms with Crippen molar-refractivity contribution in [3.8, 4) is 0 Å². The standard InChI is InChI=1S/C16H21N5O2S2/c1-3-5-12-19-20-16(25-12)21-8-10(6-14(21)22)15(23)17-7-13-18-11(4-2)9-24-13/h9-10H,3-8H2,1-2H3,(H,17,23). The molecule has 1 N–H and O–H groups in total. The summed E-state index contributed by atoms with van der Waals surface area (Å²) in [7, 11) is 0. The van der Waals surface area contributed by atoms with Crippen LogP contribution >= 0.6 is 22.7 Å². The number of amides is 2. The molecule has 1 aliphatic heterocycles. The zero-order valence-corrected chi connectivity index (χ0v) is 16.0. The van der Waals surface area contributed by atoms with Gasteiger partial charge in [-0.15, -0.1) is 21.5 Å². The van der Waals surface area contributed by atoms with Crippen LogP contribution in [0.25, 0.3) is 0 Å². The number of rotatable bonds is 7. The van der Waals surface area contributed by atoms with Gasteiger partial charge in [-0.1, -0.05) is 25.2 Å². The number of hydrogen-bond donors (Lipinski definition) is 1. The van der Waals surface area contributed by atoms with Crippen LogP contribution in [0.15, 0.2) is 5.38 Å². The first-order valence-corrected chi connectivity index (χ1v) is 10.1. The molecule has 0 saturated carbocycles. The topological polar surface area (TPSA) is 88.1 Å². The number of aromatic nitrogens is 3. The average molecular weight is 380 g/mol. The van der Waals surface area contributed by atoms with Crippen LogP contribution in [-0.4, -0.2) is 33.5 Å². The van der Waals surface area contributed by atoms with Crippen LogP contribution in [-0.2, 0) is 29.0 Å². The van der Waals surface area contributed by atoms with Gasteiger partial charge in [0.05, 0.1) is 18.2 Å². The first-order valence-electron chi connectivity index (χ1n) is 8.44. The Balaban J connectivity index is 1.56. The molecule has 2 aromatic heterocycles. The average Bonchev–Trinajstić information content (AvgIpc) is 3.32. The lowest BCUT2D eigenvalue weighted by molar-refractivity contribution is -0.126. The highest BCUT2D eigenvalue weighted by atomic mass is 32.1. The number of nitrogens with one attached hydrogen (secondary N) is 1. The fraction of sp³-hybridized carbons (Fsp3) is 0.562. The Morgan fingerprint density at radius 2 is 2.20 bits per heavy atom. The molecule has 1 saturated heterocycles. The van der Waals surface area contributed by atoms with Crippen LogP contribution in [0.2, 0.25) is 0 Å². The van der Waals surface area contributed by atoms with Gasteiger partial charge in [0.1, 0.15) is 10.0 Å². The van der Waals surface area contributed by atoms with E-state index < -0.39 is 0 Å². The second-order valence-electron chi connectivity index (χ2n) is 5.94. The molecule has 1 atom stereocenters. The van der Waals surface area contributed by atoms with E-state index in [1.807, 2.05) is 5.38 Å². The fourth-order valence-corrected chi connectivity index (χ4v) is 4.42. The molecule has 0 spiro atoms. The van der Waals surface area contributed by atoms with E-state index in [-0.39, 0.29) is 24.2 Å². The number of hydrogen-bond acceptors (Lipinski definition) is 7. The Hall–Kier alpha value is -1.87. The van der Waals surface area contributed by atoms with Gasteiger partial charge in [0.15, 0.2) is 0 Å². The van der Waals surface area contributed by atoms with E-state index in [1.165, 1.54) is 11.3 Å². The molecule has 2 aromatic rings. The molecule has 1 unspecified atom stereocenters. The molecule has 0 aromatic carbocycles. The van der Waals surface area contributed by atoms with E-state index in [1.54, 1.807) is 16.2 Å². The third-order valence-corrected chi connectivity index (χ3v) is 5.93. The quantitative estimate of drug-likeness (QED) is 0.797. The zero-order valence-electron chi connectivity index (χ0n) is 14.3. The van der Waals surface area contributed by atoms with Crippen molar-refractivity contribution in [3.63, 3.8) is 0 Å². The van der Waals surface area contributed by atoms with Gasteiger partial charge in [0.25, 0.3) is 0 Å². The molecule has 25 heavy (non-hydrogen) atoms. The minimum atomic E-state index is -0.350. The molecule has 1 fully saturated rings. The Labute approximate surface area is 154 Å². The number of aryl methyl sites for hydroxylation is 2. The second-order valence-corrected chi connectivity index (χ2v) is 7.92. The monoisotopic (exact) mass is 379 g/mol.